The van der Waals surface area contributed by atoms with Crippen LogP contribution in [-0.4, -0.2) is 18.2 Å². The largest absolute Gasteiger partial charge is 0.330 e. The van der Waals surface area contributed by atoms with E-state index >= 15 is 0 Å². The number of nitrogens with two attached hydrogens (primary N) is 1. The molecule has 0 fully saturated rings. The minimum Gasteiger partial charge on any atom is -0.330 e. The summed E-state index contributed by atoms with van der Waals surface area (Å²) in [7, 11) is 0. The molecule has 0 aliphatic carbocycles. The topological polar surface area (TPSA) is 72.2 Å². The van der Waals surface area contributed by atoms with Crippen LogP contribution in [0.15, 0.2) is 24.3 Å². The molecule has 1 aromatic carbocycles. The van der Waals surface area contributed by atoms with Gasteiger partial charge in [-0.3, -0.25) is 9.59 Å². The molecule has 1 amide bonds. The Morgan fingerprint density at radius 2 is 1.75 bits per heavy atom. The Kier molecular flexibility index (Phi) is 5.45. The predicted molar refractivity (Wildman–Crippen MR) is 81.7 cm³/mol. The van der Waals surface area contributed by atoms with Gasteiger partial charge >= 0.3 is 0 Å². The van der Waals surface area contributed by atoms with Crippen molar-refractivity contribution in [1.82, 2.24) is 0 Å². The third kappa shape index (κ3) is 5.13. The number of rotatable bonds is 5. The van der Waals surface area contributed by atoms with Gasteiger partial charge in [-0.25, -0.2) is 0 Å². The zero-order valence-electron chi connectivity index (χ0n) is 12.7. The Bertz CT molecular complexity index is 472. The number of ketones is 1. The van der Waals surface area contributed by atoms with Gasteiger partial charge in [0, 0.05) is 17.8 Å². The summed E-state index contributed by atoms with van der Waals surface area (Å²) >= 11 is 0. The number of hydrogen-bond acceptors (Lipinski definition) is 3. The second-order valence-corrected chi connectivity index (χ2v) is 6.32. The normalized spacial score (nSPS) is 12.8. The lowest BCUT2D eigenvalue weighted by Gasteiger charge is -2.24. The number of nitrogens with one attached hydrogen (secondary N) is 1. The Labute approximate surface area is 120 Å². The third-order valence-corrected chi connectivity index (χ3v) is 3.07. The standard InChI is InChI=1S/C16H24N2O2/c1-11(19)12-5-7-14(8-6-12)18-15(20)13(10-17)9-16(2,3)4/h5-8,13H,9-10,17H2,1-4H3,(H,18,20). The van der Waals surface area contributed by atoms with Gasteiger partial charge in [0.25, 0.3) is 0 Å². The molecule has 0 aliphatic rings. The summed E-state index contributed by atoms with van der Waals surface area (Å²) in [6, 6.07) is 6.89. The Morgan fingerprint density at radius 1 is 1.20 bits per heavy atom. The lowest BCUT2D eigenvalue weighted by atomic mass is 9.84. The van der Waals surface area contributed by atoms with Crippen LogP contribution < -0.4 is 11.1 Å². The van der Waals surface area contributed by atoms with Crippen LogP contribution in [0.2, 0.25) is 0 Å². The fourth-order valence-corrected chi connectivity index (χ4v) is 2.05. The average Bonchev–Trinajstić information content (AvgIpc) is 2.35. The van der Waals surface area contributed by atoms with Gasteiger partial charge in [0.2, 0.25) is 5.91 Å². The molecule has 0 spiro atoms. The number of amides is 1. The molecule has 110 valence electrons. The van der Waals surface area contributed by atoms with Crippen molar-refractivity contribution < 1.29 is 9.59 Å². The SMILES string of the molecule is CC(=O)c1ccc(NC(=O)C(CN)CC(C)(C)C)cc1. The van der Waals surface area contributed by atoms with Crippen LogP contribution in [0.25, 0.3) is 0 Å². The maximum atomic E-state index is 12.2. The lowest BCUT2D eigenvalue weighted by molar-refractivity contribution is -0.120. The van der Waals surface area contributed by atoms with Crippen LogP contribution in [0.3, 0.4) is 0 Å². The highest BCUT2D eigenvalue weighted by atomic mass is 16.2. The van der Waals surface area contributed by atoms with Crippen molar-refractivity contribution >= 4 is 17.4 Å². The van der Waals surface area contributed by atoms with E-state index in [9.17, 15) is 9.59 Å². The first-order valence-electron chi connectivity index (χ1n) is 6.85. The van der Waals surface area contributed by atoms with Crippen molar-refractivity contribution in [3.05, 3.63) is 29.8 Å². The van der Waals surface area contributed by atoms with Gasteiger partial charge in [-0.15, -0.1) is 0 Å². The maximum absolute atomic E-state index is 12.2. The van der Waals surface area contributed by atoms with Crippen LogP contribution in [0, 0.1) is 11.3 Å². The number of carbonyl (C=O) groups is 2. The van der Waals surface area contributed by atoms with Crippen LogP contribution >= 0.6 is 0 Å². The molecule has 1 unspecified atom stereocenters. The van der Waals surface area contributed by atoms with E-state index in [0.717, 1.165) is 6.42 Å². The smallest absolute Gasteiger partial charge is 0.228 e. The number of anilines is 1. The van der Waals surface area contributed by atoms with Crippen LogP contribution in [-0.2, 0) is 4.79 Å². The highest BCUT2D eigenvalue weighted by molar-refractivity contribution is 5.96. The molecular weight excluding hydrogens is 252 g/mol. The van der Waals surface area contributed by atoms with E-state index in [1.54, 1.807) is 24.3 Å². The fraction of sp³-hybridized carbons (Fsp3) is 0.500. The quantitative estimate of drug-likeness (QED) is 0.812. The van der Waals surface area contributed by atoms with Gasteiger partial charge in [-0.2, -0.15) is 0 Å². The van der Waals surface area contributed by atoms with Gasteiger partial charge in [0.15, 0.2) is 5.78 Å². The fourth-order valence-electron chi connectivity index (χ4n) is 2.05. The molecule has 0 radical (unpaired) electrons. The van der Waals surface area contributed by atoms with E-state index in [0.29, 0.717) is 17.8 Å². The maximum Gasteiger partial charge on any atom is 0.228 e. The van der Waals surface area contributed by atoms with Crippen molar-refractivity contribution in [2.24, 2.45) is 17.1 Å². The molecule has 4 heteroatoms. The zero-order chi connectivity index (χ0) is 15.3. The molecule has 4 nitrogen and oxygen atoms in total. The molecule has 3 N–H and O–H groups in total. The van der Waals surface area contributed by atoms with Crippen LogP contribution in [0.5, 0.6) is 0 Å². The van der Waals surface area contributed by atoms with Gasteiger partial charge < -0.3 is 11.1 Å². The molecule has 0 aliphatic heterocycles. The zero-order valence-corrected chi connectivity index (χ0v) is 12.7. The highest BCUT2D eigenvalue weighted by Gasteiger charge is 2.23. The highest BCUT2D eigenvalue weighted by Crippen LogP contribution is 2.25. The van der Waals surface area contributed by atoms with Crippen LogP contribution in [0.1, 0.15) is 44.5 Å². The summed E-state index contributed by atoms with van der Waals surface area (Å²) in [6.07, 6.45) is 0.737. The van der Waals surface area contributed by atoms with Gasteiger partial charge in [0.05, 0.1) is 5.92 Å². The van der Waals surface area contributed by atoms with Gasteiger partial charge in [0.1, 0.15) is 0 Å². The average molecular weight is 276 g/mol. The molecule has 20 heavy (non-hydrogen) atoms. The van der Waals surface area contributed by atoms with E-state index in [2.05, 4.69) is 26.1 Å². The number of Topliss-reactive ketones (excluding diaryl/α,β-unsaturated/α-hetero) is 1. The van der Waals surface area contributed by atoms with Crippen molar-refractivity contribution in [2.45, 2.75) is 34.1 Å². The monoisotopic (exact) mass is 276 g/mol. The van der Waals surface area contributed by atoms with Gasteiger partial charge in [-0.05, 0) is 43.0 Å². The van der Waals surface area contributed by atoms with Crippen molar-refractivity contribution in [3.8, 4) is 0 Å². The van der Waals surface area contributed by atoms with Crippen LogP contribution in [0.4, 0.5) is 5.69 Å². The van der Waals surface area contributed by atoms with Crippen molar-refractivity contribution in [2.75, 3.05) is 11.9 Å². The second-order valence-electron chi connectivity index (χ2n) is 6.32. The molecule has 1 aromatic rings. The summed E-state index contributed by atoms with van der Waals surface area (Å²) in [5.41, 5.74) is 7.07. The van der Waals surface area contributed by atoms with E-state index in [1.165, 1.54) is 6.92 Å². The first kappa shape index (κ1) is 16.4. The molecule has 0 saturated heterocycles. The Morgan fingerprint density at radius 3 is 2.15 bits per heavy atom. The summed E-state index contributed by atoms with van der Waals surface area (Å²) in [5, 5.41) is 2.85. The number of carbonyl (C=O) groups excluding carboxylic acids is 2. The molecule has 0 aromatic heterocycles. The predicted octanol–water partition coefficient (Wildman–Crippen LogP) is 2.84. The Hall–Kier alpha value is -1.68. The van der Waals surface area contributed by atoms with Crippen molar-refractivity contribution in [3.63, 3.8) is 0 Å². The molecular formula is C16H24N2O2. The van der Waals surface area contributed by atoms with E-state index in [1.807, 2.05) is 0 Å². The summed E-state index contributed by atoms with van der Waals surface area (Å²) in [4.78, 5) is 23.4. The van der Waals surface area contributed by atoms with E-state index in [4.69, 9.17) is 5.73 Å². The molecule has 1 rings (SSSR count). The summed E-state index contributed by atoms with van der Waals surface area (Å²) < 4.78 is 0. The number of benzene rings is 1. The second kappa shape index (κ2) is 6.66. The lowest BCUT2D eigenvalue weighted by Crippen LogP contribution is -2.32. The summed E-state index contributed by atoms with van der Waals surface area (Å²) in [5.74, 6) is -0.268. The minimum atomic E-state index is -0.206. The number of hydrogen-bond donors (Lipinski definition) is 2. The molecule has 0 bridgehead atoms. The van der Waals surface area contributed by atoms with Gasteiger partial charge in [-0.1, -0.05) is 20.8 Å². The molecule has 0 heterocycles. The molecule has 0 saturated carbocycles. The third-order valence-electron chi connectivity index (χ3n) is 3.07. The first-order valence-corrected chi connectivity index (χ1v) is 6.85. The van der Waals surface area contributed by atoms with E-state index < -0.39 is 0 Å². The first-order chi connectivity index (χ1) is 9.23. The van der Waals surface area contributed by atoms with Crippen molar-refractivity contribution in [1.29, 1.82) is 0 Å². The minimum absolute atomic E-state index is 0.00967. The Balaban J connectivity index is 2.71. The van der Waals surface area contributed by atoms with E-state index in [-0.39, 0.29) is 23.0 Å². The molecule has 1 atom stereocenters. The summed E-state index contributed by atoms with van der Waals surface area (Å²) in [6.45, 7) is 8.11.